The molecular weight excluding hydrogens is 468 g/mol. The first-order valence-corrected chi connectivity index (χ1v) is 10.8. The summed E-state index contributed by atoms with van der Waals surface area (Å²) in [5.41, 5.74) is 1.29. The zero-order valence-corrected chi connectivity index (χ0v) is 19.3. The highest BCUT2D eigenvalue weighted by atomic mass is 16.6. The van der Waals surface area contributed by atoms with Crippen LogP contribution in [0.3, 0.4) is 0 Å². The topological polar surface area (TPSA) is 127 Å². The summed E-state index contributed by atoms with van der Waals surface area (Å²) in [4.78, 5) is 39.4. The van der Waals surface area contributed by atoms with E-state index < -0.39 is 16.9 Å². The van der Waals surface area contributed by atoms with Gasteiger partial charge in [0.25, 0.3) is 5.69 Å². The molecule has 3 aromatic rings. The molecule has 0 amide bonds. The molecule has 0 radical (unpaired) electrons. The van der Waals surface area contributed by atoms with Crippen molar-refractivity contribution >= 4 is 29.6 Å². The van der Waals surface area contributed by atoms with E-state index in [9.17, 15) is 19.7 Å². The minimum atomic E-state index is -0.704. The second-order valence-corrected chi connectivity index (χ2v) is 7.40. The normalized spacial score (nSPS) is 13.7. The van der Waals surface area contributed by atoms with E-state index in [1.807, 2.05) is 0 Å². The van der Waals surface area contributed by atoms with Crippen LogP contribution < -0.4 is 14.2 Å². The van der Waals surface area contributed by atoms with Gasteiger partial charge in [-0.3, -0.25) is 10.1 Å². The van der Waals surface area contributed by atoms with Crippen LogP contribution in [-0.4, -0.2) is 36.5 Å². The van der Waals surface area contributed by atoms with Gasteiger partial charge in [0.2, 0.25) is 5.90 Å². The second-order valence-electron chi connectivity index (χ2n) is 7.40. The number of ether oxygens (including phenoxy) is 4. The van der Waals surface area contributed by atoms with Crippen molar-refractivity contribution in [1.82, 2.24) is 0 Å². The minimum absolute atomic E-state index is 0.0962. The summed E-state index contributed by atoms with van der Waals surface area (Å²) in [5, 5.41) is 10.8. The van der Waals surface area contributed by atoms with Crippen LogP contribution in [0.2, 0.25) is 0 Å². The van der Waals surface area contributed by atoms with Crippen molar-refractivity contribution in [3.05, 3.63) is 99.2 Å². The Morgan fingerprint density at radius 3 is 2.42 bits per heavy atom. The zero-order chi connectivity index (χ0) is 25.7. The van der Waals surface area contributed by atoms with Crippen LogP contribution in [0.25, 0.3) is 6.08 Å². The van der Waals surface area contributed by atoms with Crippen molar-refractivity contribution in [3.8, 4) is 17.2 Å². The Kier molecular flexibility index (Phi) is 7.05. The van der Waals surface area contributed by atoms with Crippen LogP contribution in [0.4, 0.5) is 5.69 Å². The van der Waals surface area contributed by atoms with Gasteiger partial charge >= 0.3 is 11.9 Å². The van der Waals surface area contributed by atoms with E-state index in [2.05, 4.69) is 4.99 Å². The van der Waals surface area contributed by atoms with E-state index in [-0.39, 0.29) is 34.3 Å². The molecule has 0 N–H and O–H groups in total. The van der Waals surface area contributed by atoms with E-state index in [1.54, 1.807) is 50.4 Å². The Morgan fingerprint density at radius 2 is 1.78 bits per heavy atom. The quantitative estimate of drug-likeness (QED) is 0.148. The molecule has 10 heteroatoms. The van der Waals surface area contributed by atoms with Crippen LogP contribution >= 0.6 is 0 Å². The van der Waals surface area contributed by atoms with E-state index in [0.29, 0.717) is 23.5 Å². The van der Waals surface area contributed by atoms with Gasteiger partial charge in [-0.25, -0.2) is 14.6 Å². The number of hydrogen-bond acceptors (Lipinski definition) is 9. The summed E-state index contributed by atoms with van der Waals surface area (Å²) in [5.74, 6) is -0.0473. The number of carbonyl (C=O) groups is 2. The largest absolute Gasteiger partial charge is 0.497 e. The summed E-state index contributed by atoms with van der Waals surface area (Å²) >= 11 is 0. The molecular formula is C26H20N2O8. The van der Waals surface area contributed by atoms with Crippen LogP contribution in [0.1, 0.15) is 28.4 Å². The molecule has 36 heavy (non-hydrogen) atoms. The molecule has 0 spiro atoms. The van der Waals surface area contributed by atoms with Crippen molar-refractivity contribution in [2.75, 3.05) is 13.7 Å². The molecule has 0 aliphatic carbocycles. The molecule has 0 saturated heterocycles. The predicted molar refractivity (Wildman–Crippen MR) is 129 cm³/mol. The predicted octanol–water partition coefficient (Wildman–Crippen LogP) is 4.57. The molecule has 0 saturated carbocycles. The first-order chi connectivity index (χ1) is 17.4. The highest BCUT2D eigenvalue weighted by Gasteiger charge is 2.24. The maximum atomic E-state index is 12.5. The van der Waals surface area contributed by atoms with Gasteiger partial charge in [-0.15, -0.1) is 0 Å². The molecule has 1 aliphatic heterocycles. The number of benzene rings is 3. The number of aliphatic imine (C=N–C) groups is 1. The molecule has 4 rings (SSSR count). The summed E-state index contributed by atoms with van der Waals surface area (Å²) in [6.45, 7) is 2.07. The van der Waals surface area contributed by atoms with Crippen LogP contribution in [-0.2, 0) is 9.53 Å². The van der Waals surface area contributed by atoms with Gasteiger partial charge in [-0.2, -0.15) is 0 Å². The molecule has 0 unspecified atom stereocenters. The summed E-state index contributed by atoms with van der Waals surface area (Å²) in [6, 6.07) is 16.7. The second kappa shape index (κ2) is 10.5. The molecule has 3 aromatic carbocycles. The first kappa shape index (κ1) is 24.1. The molecule has 1 aliphatic rings. The Balaban J connectivity index is 1.55. The van der Waals surface area contributed by atoms with Gasteiger partial charge in [0.15, 0.2) is 17.2 Å². The van der Waals surface area contributed by atoms with Crippen molar-refractivity contribution in [2.45, 2.75) is 6.92 Å². The third kappa shape index (κ3) is 5.39. The lowest BCUT2D eigenvalue weighted by Crippen LogP contribution is -2.10. The standard InChI is InChI=1S/C26H20N2O8/c1-3-34-23-15-16(4-13-22(23)35-25(29)18-5-9-19(10-6-18)28(31)32)14-21-26(30)36-24(27-21)17-7-11-20(33-2)12-8-17/h4-15H,3H2,1-2H3. The number of nitrogens with zero attached hydrogens (tertiary/aromatic N) is 2. The molecule has 1 heterocycles. The van der Waals surface area contributed by atoms with Gasteiger partial charge in [0.1, 0.15) is 5.75 Å². The molecule has 182 valence electrons. The summed E-state index contributed by atoms with van der Waals surface area (Å²) < 4.78 is 21.5. The van der Waals surface area contributed by atoms with E-state index in [0.717, 1.165) is 0 Å². The van der Waals surface area contributed by atoms with Crippen molar-refractivity contribution in [2.24, 2.45) is 4.99 Å². The highest BCUT2D eigenvalue weighted by Crippen LogP contribution is 2.31. The van der Waals surface area contributed by atoms with Gasteiger partial charge in [-0.1, -0.05) is 6.07 Å². The van der Waals surface area contributed by atoms with Crippen molar-refractivity contribution < 1.29 is 33.5 Å². The molecule has 0 aromatic heterocycles. The number of carbonyl (C=O) groups excluding carboxylic acids is 2. The van der Waals surface area contributed by atoms with Gasteiger partial charge in [0, 0.05) is 17.7 Å². The third-order valence-electron chi connectivity index (χ3n) is 5.04. The fourth-order valence-electron chi connectivity index (χ4n) is 3.27. The molecule has 0 atom stereocenters. The van der Waals surface area contributed by atoms with E-state index in [4.69, 9.17) is 18.9 Å². The number of esters is 2. The van der Waals surface area contributed by atoms with Crippen molar-refractivity contribution in [3.63, 3.8) is 0 Å². The Morgan fingerprint density at radius 1 is 1.06 bits per heavy atom. The summed E-state index contributed by atoms with van der Waals surface area (Å²) in [7, 11) is 1.56. The van der Waals surface area contributed by atoms with E-state index in [1.165, 1.54) is 36.4 Å². The maximum absolute atomic E-state index is 12.5. The number of nitro benzene ring substituents is 1. The SMILES string of the molecule is CCOc1cc(C=C2N=C(c3ccc(OC)cc3)OC2=O)ccc1OC(=O)c1ccc([N+](=O)[O-])cc1. The lowest BCUT2D eigenvalue weighted by Gasteiger charge is -2.11. The zero-order valence-electron chi connectivity index (χ0n) is 19.3. The molecule has 0 fully saturated rings. The minimum Gasteiger partial charge on any atom is -0.497 e. The smallest absolute Gasteiger partial charge is 0.363 e. The Hall–Kier alpha value is -4.99. The number of nitro groups is 1. The lowest BCUT2D eigenvalue weighted by atomic mass is 10.1. The maximum Gasteiger partial charge on any atom is 0.363 e. The number of non-ortho nitro benzene ring substituents is 1. The monoisotopic (exact) mass is 488 g/mol. The fraction of sp³-hybridized carbons (Fsp3) is 0.115. The van der Waals surface area contributed by atoms with E-state index >= 15 is 0 Å². The molecule has 0 bridgehead atoms. The lowest BCUT2D eigenvalue weighted by molar-refractivity contribution is -0.384. The summed E-state index contributed by atoms with van der Waals surface area (Å²) in [6.07, 6.45) is 1.53. The number of rotatable bonds is 8. The third-order valence-corrected chi connectivity index (χ3v) is 5.04. The number of methoxy groups -OCH3 is 1. The van der Waals surface area contributed by atoms with Gasteiger partial charge in [0.05, 0.1) is 24.2 Å². The van der Waals surface area contributed by atoms with Crippen LogP contribution in [0.5, 0.6) is 17.2 Å². The first-order valence-electron chi connectivity index (χ1n) is 10.8. The average molecular weight is 488 g/mol. The van der Waals surface area contributed by atoms with Crippen LogP contribution in [0, 0.1) is 10.1 Å². The number of cyclic esters (lactones) is 1. The number of hydrogen-bond donors (Lipinski definition) is 0. The van der Waals surface area contributed by atoms with Gasteiger partial charge in [-0.05, 0) is 67.1 Å². The van der Waals surface area contributed by atoms with Crippen molar-refractivity contribution in [1.29, 1.82) is 0 Å². The average Bonchev–Trinajstić information content (AvgIpc) is 3.25. The Bertz CT molecular complexity index is 1380. The molecule has 10 nitrogen and oxygen atoms in total. The highest BCUT2D eigenvalue weighted by molar-refractivity contribution is 6.12. The van der Waals surface area contributed by atoms with Crippen LogP contribution in [0.15, 0.2) is 77.4 Å². The fourth-order valence-corrected chi connectivity index (χ4v) is 3.27. The van der Waals surface area contributed by atoms with Gasteiger partial charge < -0.3 is 18.9 Å². The Labute approximate surface area is 205 Å².